The van der Waals surface area contributed by atoms with Gasteiger partial charge in [-0.25, -0.2) is 0 Å². The summed E-state index contributed by atoms with van der Waals surface area (Å²) in [4.78, 5) is 14.5. The summed E-state index contributed by atoms with van der Waals surface area (Å²) in [5.41, 5.74) is 7.81. The molecule has 7 heteroatoms. The Morgan fingerprint density at radius 1 is 1.35 bits per heavy atom. The highest BCUT2D eigenvalue weighted by molar-refractivity contribution is 5.68. The second-order valence-corrected chi connectivity index (χ2v) is 4.17. The van der Waals surface area contributed by atoms with E-state index in [0.717, 1.165) is 5.56 Å². The van der Waals surface area contributed by atoms with E-state index < -0.39 is 4.92 Å². The van der Waals surface area contributed by atoms with Crippen molar-refractivity contribution in [1.82, 2.24) is 4.98 Å². The number of hydrogen-bond acceptors (Lipinski definition) is 6. The number of aryl methyl sites for hydroxylation is 1. The van der Waals surface area contributed by atoms with Crippen LogP contribution < -0.4 is 15.8 Å². The number of methoxy groups -OCH3 is 1. The van der Waals surface area contributed by atoms with Crippen molar-refractivity contribution in [2.75, 3.05) is 18.2 Å². The van der Waals surface area contributed by atoms with Crippen LogP contribution in [0, 0.1) is 17.0 Å². The third kappa shape index (κ3) is 2.77. The van der Waals surface area contributed by atoms with Gasteiger partial charge in [-0.05, 0) is 30.7 Å². The minimum absolute atomic E-state index is 0.124. The molecule has 0 saturated carbocycles. The lowest BCUT2D eigenvalue weighted by atomic mass is 10.2. The van der Waals surface area contributed by atoms with Crippen molar-refractivity contribution >= 4 is 22.9 Å². The first kappa shape index (κ1) is 13.6. The van der Waals surface area contributed by atoms with Crippen LogP contribution in [0.2, 0.25) is 0 Å². The quantitative estimate of drug-likeness (QED) is 0.504. The van der Waals surface area contributed by atoms with Crippen LogP contribution in [0.15, 0.2) is 30.3 Å². The Morgan fingerprint density at radius 3 is 2.70 bits per heavy atom. The van der Waals surface area contributed by atoms with Crippen LogP contribution >= 0.6 is 0 Å². The summed E-state index contributed by atoms with van der Waals surface area (Å²) in [7, 11) is 1.45. The molecule has 2 rings (SSSR count). The van der Waals surface area contributed by atoms with E-state index in [1.807, 2.05) is 6.92 Å². The lowest BCUT2D eigenvalue weighted by Gasteiger charge is -2.09. The van der Waals surface area contributed by atoms with E-state index in [1.165, 1.54) is 19.2 Å². The molecule has 2 aromatic rings. The summed E-state index contributed by atoms with van der Waals surface area (Å²) < 4.78 is 4.98. The predicted octanol–water partition coefficient (Wildman–Crippen LogP) is 2.63. The monoisotopic (exact) mass is 274 g/mol. The molecule has 20 heavy (non-hydrogen) atoms. The number of anilines is 3. The average Bonchev–Trinajstić information content (AvgIpc) is 2.42. The van der Waals surface area contributed by atoms with E-state index in [1.54, 1.807) is 18.2 Å². The molecule has 0 amide bonds. The number of nitrogens with one attached hydrogen (secondary N) is 1. The largest absolute Gasteiger partial charge is 0.481 e. The van der Waals surface area contributed by atoms with Gasteiger partial charge in [0.25, 0.3) is 0 Å². The molecule has 0 unspecified atom stereocenters. The topological polar surface area (TPSA) is 103 Å². The zero-order chi connectivity index (χ0) is 14.7. The van der Waals surface area contributed by atoms with Gasteiger partial charge in [-0.15, -0.1) is 0 Å². The van der Waals surface area contributed by atoms with E-state index in [9.17, 15) is 10.1 Å². The molecule has 0 aliphatic heterocycles. The molecule has 0 aliphatic carbocycles. The second-order valence-electron chi connectivity index (χ2n) is 4.17. The molecular weight excluding hydrogens is 260 g/mol. The first-order chi connectivity index (χ1) is 9.51. The van der Waals surface area contributed by atoms with Gasteiger partial charge in [0.1, 0.15) is 0 Å². The molecule has 0 fully saturated rings. The molecule has 0 radical (unpaired) electrons. The van der Waals surface area contributed by atoms with E-state index in [4.69, 9.17) is 10.5 Å². The molecule has 3 N–H and O–H groups in total. The molecule has 1 aromatic heterocycles. The van der Waals surface area contributed by atoms with Crippen LogP contribution in [-0.4, -0.2) is 17.0 Å². The van der Waals surface area contributed by atoms with E-state index >= 15 is 0 Å². The Kier molecular flexibility index (Phi) is 3.69. The van der Waals surface area contributed by atoms with Crippen molar-refractivity contribution in [3.05, 3.63) is 46.0 Å². The van der Waals surface area contributed by atoms with E-state index in [0.29, 0.717) is 17.3 Å². The third-order valence-electron chi connectivity index (χ3n) is 2.79. The average molecular weight is 274 g/mol. The van der Waals surface area contributed by atoms with Gasteiger partial charge in [0, 0.05) is 23.5 Å². The van der Waals surface area contributed by atoms with Gasteiger partial charge in [-0.3, -0.25) is 10.1 Å². The van der Waals surface area contributed by atoms with Crippen LogP contribution in [0.5, 0.6) is 5.88 Å². The van der Waals surface area contributed by atoms with Crippen molar-refractivity contribution in [3.8, 4) is 5.88 Å². The number of aromatic nitrogens is 1. The van der Waals surface area contributed by atoms with E-state index in [-0.39, 0.29) is 11.5 Å². The highest BCUT2D eigenvalue weighted by atomic mass is 16.6. The fraction of sp³-hybridized carbons (Fsp3) is 0.154. The fourth-order valence-corrected chi connectivity index (χ4v) is 1.68. The SMILES string of the molecule is COc1ccc([N+](=O)[O-])c(Nc2ccc(N)c(C)c2)n1. The fourth-order valence-electron chi connectivity index (χ4n) is 1.68. The van der Waals surface area contributed by atoms with Crippen LogP contribution in [-0.2, 0) is 0 Å². The van der Waals surface area contributed by atoms with Crippen molar-refractivity contribution in [2.24, 2.45) is 0 Å². The molecule has 7 nitrogen and oxygen atoms in total. The Bertz CT molecular complexity index is 658. The predicted molar refractivity (Wildman–Crippen MR) is 76.3 cm³/mol. The van der Waals surface area contributed by atoms with Crippen LogP contribution in [0.25, 0.3) is 0 Å². The van der Waals surface area contributed by atoms with Crippen molar-refractivity contribution in [2.45, 2.75) is 6.92 Å². The lowest BCUT2D eigenvalue weighted by molar-refractivity contribution is -0.384. The number of nitrogens with two attached hydrogens (primary N) is 1. The summed E-state index contributed by atoms with van der Waals surface area (Å²) in [6.45, 7) is 1.86. The first-order valence-electron chi connectivity index (χ1n) is 5.84. The minimum Gasteiger partial charge on any atom is -0.481 e. The van der Waals surface area contributed by atoms with Crippen LogP contribution in [0.1, 0.15) is 5.56 Å². The number of nitrogens with zero attached hydrogens (tertiary/aromatic N) is 2. The van der Waals surface area contributed by atoms with Gasteiger partial charge in [0.05, 0.1) is 12.0 Å². The van der Waals surface area contributed by atoms with Gasteiger partial charge >= 0.3 is 5.69 Å². The molecule has 0 aliphatic rings. The van der Waals surface area contributed by atoms with Crippen molar-refractivity contribution in [3.63, 3.8) is 0 Å². The Labute approximate surface area is 115 Å². The summed E-state index contributed by atoms with van der Waals surface area (Å²) in [6, 6.07) is 8.03. The Morgan fingerprint density at radius 2 is 2.10 bits per heavy atom. The van der Waals surface area contributed by atoms with Crippen molar-refractivity contribution in [1.29, 1.82) is 0 Å². The van der Waals surface area contributed by atoms with Gasteiger partial charge in [0.15, 0.2) is 0 Å². The first-order valence-corrected chi connectivity index (χ1v) is 5.84. The summed E-state index contributed by atoms with van der Waals surface area (Å²) in [6.07, 6.45) is 0. The summed E-state index contributed by atoms with van der Waals surface area (Å²) in [5, 5.41) is 13.9. The van der Waals surface area contributed by atoms with Gasteiger partial charge in [-0.2, -0.15) is 4.98 Å². The van der Waals surface area contributed by atoms with Crippen LogP contribution in [0.3, 0.4) is 0 Å². The zero-order valence-corrected chi connectivity index (χ0v) is 11.1. The number of nitrogen functional groups attached to an aromatic ring is 1. The summed E-state index contributed by atoms with van der Waals surface area (Å²) >= 11 is 0. The highest BCUT2D eigenvalue weighted by Crippen LogP contribution is 2.28. The van der Waals surface area contributed by atoms with Gasteiger partial charge < -0.3 is 15.8 Å². The van der Waals surface area contributed by atoms with Crippen molar-refractivity contribution < 1.29 is 9.66 Å². The number of rotatable bonds is 4. The third-order valence-corrected chi connectivity index (χ3v) is 2.79. The smallest absolute Gasteiger partial charge is 0.311 e. The van der Waals surface area contributed by atoms with Gasteiger partial charge in [0.2, 0.25) is 11.7 Å². The highest BCUT2D eigenvalue weighted by Gasteiger charge is 2.16. The van der Waals surface area contributed by atoms with Crippen LogP contribution in [0.4, 0.5) is 22.9 Å². The molecule has 0 spiro atoms. The molecule has 1 aromatic carbocycles. The number of benzene rings is 1. The lowest BCUT2D eigenvalue weighted by Crippen LogP contribution is -2.01. The molecule has 1 heterocycles. The van der Waals surface area contributed by atoms with Gasteiger partial charge in [-0.1, -0.05) is 0 Å². The molecule has 104 valence electrons. The molecule has 0 bridgehead atoms. The Balaban J connectivity index is 2.40. The second kappa shape index (κ2) is 5.43. The Hall–Kier alpha value is -2.83. The number of nitro groups is 1. The number of ether oxygens (including phenoxy) is 1. The number of pyridine rings is 1. The maximum atomic E-state index is 11.0. The number of hydrogen-bond donors (Lipinski definition) is 2. The molecule has 0 atom stereocenters. The summed E-state index contributed by atoms with van der Waals surface area (Å²) in [5.74, 6) is 0.420. The minimum atomic E-state index is -0.501. The maximum Gasteiger partial charge on any atom is 0.311 e. The normalized spacial score (nSPS) is 10.1. The van der Waals surface area contributed by atoms with E-state index in [2.05, 4.69) is 10.3 Å². The standard InChI is InChI=1S/C13H14N4O3/c1-8-7-9(3-4-10(8)14)15-13-11(17(18)19)5-6-12(16-13)20-2/h3-7H,14H2,1-2H3,(H,15,16). The molecule has 0 saturated heterocycles. The maximum absolute atomic E-state index is 11.0. The molecular formula is C13H14N4O3. The zero-order valence-electron chi connectivity index (χ0n) is 11.1.